The maximum atomic E-state index is 10.1. The van der Waals surface area contributed by atoms with Crippen molar-refractivity contribution in [3.8, 4) is 11.5 Å². The molecular weight excluding hydrogens is 288 g/mol. The van der Waals surface area contributed by atoms with E-state index in [9.17, 15) is 10.2 Å². The van der Waals surface area contributed by atoms with Crippen LogP contribution in [0.25, 0.3) is 0 Å². The molecule has 0 atom stereocenters. The second kappa shape index (κ2) is 9.53. The molecule has 23 heavy (non-hydrogen) atoms. The Morgan fingerprint density at radius 1 is 0.870 bits per heavy atom. The number of nitrogens with zero attached hydrogens (tertiary/aromatic N) is 2. The van der Waals surface area contributed by atoms with Crippen molar-refractivity contribution < 1.29 is 10.2 Å². The van der Waals surface area contributed by atoms with Gasteiger partial charge in [-0.15, -0.1) is 0 Å². The molecule has 2 rings (SSSR count). The number of unbranched alkanes of at least 4 members (excludes halogenated alkanes) is 8. The Kier molecular flexibility index (Phi) is 7.37. The number of phenols is 2. The zero-order valence-electron chi connectivity index (χ0n) is 14.4. The maximum absolute atomic E-state index is 10.1. The predicted octanol–water partition coefficient (Wildman–Crippen LogP) is 3.42. The Morgan fingerprint density at radius 3 is 2.17 bits per heavy atom. The van der Waals surface area contributed by atoms with Crippen LogP contribution in [-0.4, -0.2) is 23.3 Å². The smallest absolute Gasteiger partial charge is 0.163 e. The minimum Gasteiger partial charge on any atom is -0.504 e. The fourth-order valence-corrected chi connectivity index (χ4v) is 3.17. The Hall–Kier alpha value is -1.58. The van der Waals surface area contributed by atoms with Crippen molar-refractivity contribution in [3.05, 3.63) is 22.3 Å². The molecule has 1 aromatic carbocycles. The van der Waals surface area contributed by atoms with Gasteiger partial charge in [0.05, 0.1) is 23.8 Å². The van der Waals surface area contributed by atoms with E-state index < -0.39 is 0 Å². The Morgan fingerprint density at radius 2 is 1.48 bits per heavy atom. The summed E-state index contributed by atoms with van der Waals surface area (Å²) in [7, 11) is 0. The SMILES string of the molecule is CCCCCCCCCCCc1c(O)c(O)cc2c1=NCCN=2. The standard InChI is InChI=1S/C19H30N2O2/c1-2-3-4-5-6-7-8-9-10-11-15-18-16(20-12-13-21-18)14-17(22)19(15)23/h14,22-23H,2-13H2,1H3. The van der Waals surface area contributed by atoms with Crippen molar-refractivity contribution in [1.29, 1.82) is 0 Å². The van der Waals surface area contributed by atoms with Crippen LogP contribution in [0.3, 0.4) is 0 Å². The van der Waals surface area contributed by atoms with Crippen LogP contribution in [0.5, 0.6) is 11.5 Å². The van der Waals surface area contributed by atoms with E-state index in [1.54, 1.807) is 0 Å². The van der Waals surface area contributed by atoms with Crippen LogP contribution >= 0.6 is 0 Å². The van der Waals surface area contributed by atoms with Crippen molar-refractivity contribution in [1.82, 2.24) is 0 Å². The first kappa shape index (κ1) is 17.8. The largest absolute Gasteiger partial charge is 0.504 e. The summed E-state index contributed by atoms with van der Waals surface area (Å²) in [5.41, 5.74) is 0.770. The molecule has 0 radical (unpaired) electrons. The highest BCUT2D eigenvalue weighted by Crippen LogP contribution is 2.26. The van der Waals surface area contributed by atoms with Crippen molar-refractivity contribution in [2.45, 2.75) is 71.1 Å². The lowest BCUT2D eigenvalue weighted by Gasteiger charge is -2.10. The van der Waals surface area contributed by atoms with E-state index in [0.717, 1.165) is 35.5 Å². The fraction of sp³-hybridized carbons (Fsp3) is 0.684. The summed E-state index contributed by atoms with van der Waals surface area (Å²) in [6.07, 6.45) is 12.2. The third-order valence-electron chi connectivity index (χ3n) is 4.51. The fourth-order valence-electron chi connectivity index (χ4n) is 3.17. The molecule has 0 amide bonds. The number of fused-ring (bicyclic) bond motifs is 1. The van der Waals surface area contributed by atoms with E-state index in [-0.39, 0.29) is 11.5 Å². The van der Waals surface area contributed by atoms with E-state index in [2.05, 4.69) is 16.9 Å². The number of benzene rings is 1. The highest BCUT2D eigenvalue weighted by molar-refractivity contribution is 5.44. The van der Waals surface area contributed by atoms with E-state index in [4.69, 9.17) is 0 Å². The molecule has 4 nitrogen and oxygen atoms in total. The highest BCUT2D eigenvalue weighted by atomic mass is 16.3. The van der Waals surface area contributed by atoms with Gasteiger partial charge in [0.25, 0.3) is 0 Å². The maximum Gasteiger partial charge on any atom is 0.163 e. The van der Waals surface area contributed by atoms with Crippen molar-refractivity contribution in [2.24, 2.45) is 9.98 Å². The number of aromatic hydroxyl groups is 2. The van der Waals surface area contributed by atoms with Crippen LogP contribution in [0.15, 0.2) is 16.1 Å². The molecule has 1 aliphatic heterocycles. The van der Waals surface area contributed by atoms with Gasteiger partial charge in [-0.1, -0.05) is 58.3 Å². The van der Waals surface area contributed by atoms with Crippen LogP contribution in [-0.2, 0) is 6.42 Å². The number of hydrogen-bond donors (Lipinski definition) is 2. The lowest BCUT2D eigenvalue weighted by atomic mass is 10.0. The first-order chi connectivity index (χ1) is 11.2. The first-order valence-electron chi connectivity index (χ1n) is 9.16. The Labute approximate surface area is 139 Å². The highest BCUT2D eigenvalue weighted by Gasteiger charge is 2.13. The van der Waals surface area contributed by atoms with Gasteiger partial charge in [0, 0.05) is 11.6 Å². The van der Waals surface area contributed by atoms with Crippen LogP contribution < -0.4 is 10.7 Å². The molecule has 1 aliphatic rings. The second-order valence-electron chi connectivity index (χ2n) is 6.43. The van der Waals surface area contributed by atoms with Gasteiger partial charge in [0.15, 0.2) is 11.5 Å². The average Bonchev–Trinajstić information content (AvgIpc) is 2.56. The second-order valence-corrected chi connectivity index (χ2v) is 6.43. The normalized spacial score (nSPS) is 13.3. The number of rotatable bonds is 10. The molecule has 0 spiro atoms. The Bertz CT molecular complexity index is 611. The molecule has 0 unspecified atom stereocenters. The minimum atomic E-state index is -0.0736. The van der Waals surface area contributed by atoms with Gasteiger partial charge in [-0.2, -0.15) is 0 Å². The monoisotopic (exact) mass is 318 g/mol. The van der Waals surface area contributed by atoms with E-state index in [1.807, 2.05) is 0 Å². The summed E-state index contributed by atoms with van der Waals surface area (Å²) in [6.45, 7) is 3.58. The summed E-state index contributed by atoms with van der Waals surface area (Å²) < 4.78 is 0. The van der Waals surface area contributed by atoms with Crippen molar-refractivity contribution in [3.63, 3.8) is 0 Å². The van der Waals surface area contributed by atoms with Crippen molar-refractivity contribution >= 4 is 0 Å². The Balaban J connectivity index is 1.80. The molecule has 0 bridgehead atoms. The van der Waals surface area contributed by atoms with Gasteiger partial charge in [0.2, 0.25) is 0 Å². The number of phenolic OH excluding ortho intramolecular Hbond substituents is 2. The van der Waals surface area contributed by atoms with Crippen LogP contribution in [0.2, 0.25) is 0 Å². The molecule has 4 heteroatoms. The molecule has 2 N–H and O–H groups in total. The van der Waals surface area contributed by atoms with Gasteiger partial charge in [-0.05, 0) is 12.8 Å². The zero-order valence-corrected chi connectivity index (χ0v) is 14.4. The average molecular weight is 318 g/mol. The molecule has 0 fully saturated rings. The van der Waals surface area contributed by atoms with E-state index in [0.29, 0.717) is 13.1 Å². The molecular formula is C19H30N2O2. The lowest BCUT2D eigenvalue weighted by Crippen LogP contribution is -2.33. The third kappa shape index (κ3) is 5.22. The molecule has 0 aliphatic carbocycles. The van der Waals surface area contributed by atoms with Crippen LogP contribution in [0, 0.1) is 0 Å². The number of hydrogen-bond acceptors (Lipinski definition) is 4. The topological polar surface area (TPSA) is 65.2 Å². The molecule has 1 heterocycles. The van der Waals surface area contributed by atoms with Gasteiger partial charge < -0.3 is 10.2 Å². The summed E-state index contributed by atoms with van der Waals surface area (Å²) in [5, 5.41) is 21.5. The summed E-state index contributed by atoms with van der Waals surface area (Å²) in [4.78, 5) is 8.87. The summed E-state index contributed by atoms with van der Waals surface area (Å²) in [6, 6.07) is 1.52. The van der Waals surface area contributed by atoms with Gasteiger partial charge >= 0.3 is 0 Å². The van der Waals surface area contributed by atoms with Crippen LogP contribution in [0.1, 0.15) is 70.3 Å². The summed E-state index contributed by atoms with van der Waals surface area (Å²) in [5.74, 6) is -0.0836. The van der Waals surface area contributed by atoms with E-state index >= 15 is 0 Å². The van der Waals surface area contributed by atoms with Gasteiger partial charge in [-0.25, -0.2) is 0 Å². The van der Waals surface area contributed by atoms with Gasteiger partial charge in [-0.3, -0.25) is 9.98 Å². The molecule has 0 saturated heterocycles. The molecule has 0 saturated carbocycles. The molecule has 0 aromatic heterocycles. The van der Waals surface area contributed by atoms with E-state index in [1.165, 1.54) is 51.0 Å². The van der Waals surface area contributed by atoms with Crippen molar-refractivity contribution in [2.75, 3.05) is 13.1 Å². The summed E-state index contributed by atoms with van der Waals surface area (Å²) >= 11 is 0. The van der Waals surface area contributed by atoms with Gasteiger partial charge in [0.1, 0.15) is 0 Å². The lowest BCUT2D eigenvalue weighted by molar-refractivity contribution is 0.396. The minimum absolute atomic E-state index is 0.0100. The third-order valence-corrected chi connectivity index (χ3v) is 4.51. The van der Waals surface area contributed by atoms with Crippen LogP contribution in [0.4, 0.5) is 0 Å². The zero-order chi connectivity index (χ0) is 16.5. The predicted molar refractivity (Wildman–Crippen MR) is 92.7 cm³/mol. The first-order valence-corrected chi connectivity index (χ1v) is 9.16. The molecule has 128 valence electrons. The molecule has 1 aromatic rings. The quantitative estimate of drug-likeness (QED) is 0.513.